The molecule has 0 unspecified atom stereocenters. The van der Waals surface area contributed by atoms with Crippen molar-refractivity contribution in [3.05, 3.63) is 65.7 Å². The van der Waals surface area contributed by atoms with Crippen molar-refractivity contribution in [3.8, 4) is 0 Å². The van der Waals surface area contributed by atoms with Crippen LogP contribution in [-0.4, -0.2) is 47.2 Å². The molecule has 8 nitrogen and oxygen atoms in total. The molecule has 0 radical (unpaired) electrons. The highest BCUT2D eigenvalue weighted by Crippen LogP contribution is 2.16. The number of ether oxygens (including phenoxy) is 1. The molecule has 0 spiro atoms. The number of imidazole rings is 1. The zero-order valence-electron chi connectivity index (χ0n) is 16.3. The van der Waals surface area contributed by atoms with Gasteiger partial charge in [-0.1, -0.05) is 6.07 Å². The van der Waals surface area contributed by atoms with E-state index in [0.29, 0.717) is 36.3 Å². The normalized spacial score (nSPS) is 10.7. The third kappa shape index (κ3) is 4.67. The fraction of sp³-hybridized carbons (Fsp3) is 0.238. The highest BCUT2D eigenvalue weighted by molar-refractivity contribution is 6.06. The molecular weight excluding hydrogens is 372 g/mol. The van der Waals surface area contributed by atoms with E-state index >= 15 is 0 Å². The van der Waals surface area contributed by atoms with Crippen LogP contribution in [-0.2, 0) is 4.74 Å². The molecule has 29 heavy (non-hydrogen) atoms. The van der Waals surface area contributed by atoms with Crippen molar-refractivity contribution in [2.75, 3.05) is 25.6 Å². The number of benzene rings is 1. The number of ketones is 1. The van der Waals surface area contributed by atoms with Crippen molar-refractivity contribution < 1.29 is 19.1 Å². The molecule has 2 N–H and O–H groups in total. The number of Topliss-reactive ketones (excluding diaryl/α,β-unsaturated/α-hetero) is 1. The third-order valence-electron chi connectivity index (χ3n) is 4.33. The maximum atomic E-state index is 12.8. The first-order valence-corrected chi connectivity index (χ1v) is 9.18. The van der Waals surface area contributed by atoms with Gasteiger partial charge in [0.1, 0.15) is 0 Å². The molecule has 2 heterocycles. The van der Waals surface area contributed by atoms with E-state index in [1.54, 1.807) is 60.2 Å². The number of fused-ring (bicyclic) bond motifs is 1. The molecule has 2 aromatic heterocycles. The van der Waals surface area contributed by atoms with E-state index in [-0.39, 0.29) is 23.2 Å². The van der Waals surface area contributed by atoms with Gasteiger partial charge in [0, 0.05) is 37.7 Å². The molecule has 0 saturated heterocycles. The minimum Gasteiger partial charge on any atom is -0.385 e. The molecule has 0 aliphatic carbocycles. The van der Waals surface area contributed by atoms with E-state index in [2.05, 4.69) is 15.6 Å². The molecular formula is C21H22N4O4. The lowest BCUT2D eigenvalue weighted by Crippen LogP contribution is -2.26. The Morgan fingerprint density at radius 3 is 2.52 bits per heavy atom. The molecule has 0 atom stereocenters. The topological polar surface area (TPSA) is 102 Å². The third-order valence-corrected chi connectivity index (χ3v) is 4.33. The van der Waals surface area contributed by atoms with Crippen molar-refractivity contribution >= 4 is 28.8 Å². The van der Waals surface area contributed by atoms with Crippen molar-refractivity contribution in [1.29, 1.82) is 0 Å². The maximum absolute atomic E-state index is 12.8. The second-order valence-electron chi connectivity index (χ2n) is 6.43. The van der Waals surface area contributed by atoms with Crippen LogP contribution in [0.1, 0.15) is 44.8 Å². The van der Waals surface area contributed by atoms with Crippen LogP contribution in [0.15, 0.2) is 48.7 Å². The van der Waals surface area contributed by atoms with E-state index in [4.69, 9.17) is 4.74 Å². The summed E-state index contributed by atoms with van der Waals surface area (Å²) in [6.07, 6.45) is 2.36. The van der Waals surface area contributed by atoms with Gasteiger partial charge in [0.05, 0.1) is 5.52 Å². The average Bonchev–Trinajstić information content (AvgIpc) is 3.11. The average molecular weight is 394 g/mol. The Hall–Kier alpha value is -3.52. The van der Waals surface area contributed by atoms with Crippen LogP contribution in [0, 0.1) is 0 Å². The van der Waals surface area contributed by atoms with Crippen molar-refractivity contribution in [1.82, 2.24) is 14.7 Å². The van der Waals surface area contributed by atoms with Crippen LogP contribution in [0.5, 0.6) is 0 Å². The van der Waals surface area contributed by atoms with Crippen molar-refractivity contribution in [2.24, 2.45) is 0 Å². The zero-order chi connectivity index (χ0) is 20.8. The second kappa shape index (κ2) is 9.11. The minimum absolute atomic E-state index is 0.0525. The molecule has 0 bridgehead atoms. The highest BCUT2D eigenvalue weighted by atomic mass is 16.5. The minimum atomic E-state index is -0.458. The number of anilines is 1. The van der Waals surface area contributed by atoms with Crippen molar-refractivity contribution in [3.63, 3.8) is 0 Å². The number of carbonyl (C=O) groups excluding carboxylic acids is 3. The Labute approximate surface area is 167 Å². The first-order chi connectivity index (χ1) is 14.0. The lowest BCUT2D eigenvalue weighted by Gasteiger charge is -2.05. The lowest BCUT2D eigenvalue weighted by atomic mass is 10.1. The van der Waals surface area contributed by atoms with Gasteiger partial charge in [0.2, 0.25) is 5.82 Å². The standard InChI is InChI=1S/C21H22N4O4/c1-14(26)15-7-9-16(10-8-15)23-21(28)19-24-18(17-6-3-4-12-25(17)19)20(27)22-11-5-13-29-2/h3-4,6-10,12H,5,11,13H2,1-2H3,(H,22,27)(H,23,28). The number of rotatable bonds is 8. The number of hydrogen-bond donors (Lipinski definition) is 2. The van der Waals surface area contributed by atoms with Crippen LogP contribution in [0.25, 0.3) is 5.52 Å². The summed E-state index contributed by atoms with van der Waals surface area (Å²) in [6, 6.07) is 11.8. The van der Waals surface area contributed by atoms with Crippen LogP contribution in [0.4, 0.5) is 5.69 Å². The number of aromatic nitrogens is 2. The van der Waals surface area contributed by atoms with Crippen LogP contribution < -0.4 is 10.6 Å². The van der Waals surface area contributed by atoms with Gasteiger partial charge in [-0.2, -0.15) is 0 Å². The molecule has 2 amide bonds. The molecule has 0 aliphatic rings. The smallest absolute Gasteiger partial charge is 0.292 e. The summed E-state index contributed by atoms with van der Waals surface area (Å²) in [4.78, 5) is 41.0. The lowest BCUT2D eigenvalue weighted by molar-refractivity contribution is 0.0944. The highest BCUT2D eigenvalue weighted by Gasteiger charge is 2.21. The summed E-state index contributed by atoms with van der Waals surface area (Å²) in [5, 5.41) is 5.53. The molecule has 0 saturated carbocycles. The fourth-order valence-electron chi connectivity index (χ4n) is 2.84. The zero-order valence-corrected chi connectivity index (χ0v) is 16.3. The van der Waals surface area contributed by atoms with E-state index < -0.39 is 5.91 Å². The quantitative estimate of drug-likeness (QED) is 0.452. The number of methoxy groups -OCH3 is 1. The first-order valence-electron chi connectivity index (χ1n) is 9.18. The fourth-order valence-corrected chi connectivity index (χ4v) is 2.84. The Bertz CT molecular complexity index is 1040. The second-order valence-corrected chi connectivity index (χ2v) is 6.43. The molecule has 0 fully saturated rings. The van der Waals surface area contributed by atoms with E-state index in [9.17, 15) is 14.4 Å². The van der Waals surface area contributed by atoms with Crippen LogP contribution in [0.3, 0.4) is 0 Å². The number of nitrogens with zero attached hydrogens (tertiary/aromatic N) is 2. The van der Waals surface area contributed by atoms with Gasteiger partial charge < -0.3 is 15.4 Å². The molecule has 1 aromatic carbocycles. The molecule has 3 rings (SSSR count). The number of hydrogen-bond acceptors (Lipinski definition) is 5. The predicted octanol–water partition coefficient (Wildman–Crippen LogP) is 2.56. The summed E-state index contributed by atoms with van der Waals surface area (Å²) >= 11 is 0. The Kier molecular flexibility index (Phi) is 6.36. The van der Waals surface area contributed by atoms with E-state index in [1.807, 2.05) is 0 Å². The number of amides is 2. The Morgan fingerprint density at radius 2 is 1.83 bits per heavy atom. The van der Waals surface area contributed by atoms with E-state index in [0.717, 1.165) is 0 Å². The summed E-state index contributed by atoms with van der Waals surface area (Å²) in [5.41, 5.74) is 1.80. The number of pyridine rings is 1. The van der Waals surface area contributed by atoms with Gasteiger partial charge in [-0.05, 0) is 49.7 Å². The van der Waals surface area contributed by atoms with Gasteiger partial charge in [-0.3, -0.25) is 18.8 Å². The number of carbonyl (C=O) groups is 3. The summed E-state index contributed by atoms with van der Waals surface area (Å²) < 4.78 is 6.54. The predicted molar refractivity (Wildman–Crippen MR) is 108 cm³/mol. The van der Waals surface area contributed by atoms with Gasteiger partial charge in [-0.25, -0.2) is 4.98 Å². The van der Waals surface area contributed by atoms with Crippen LogP contribution >= 0.6 is 0 Å². The van der Waals surface area contributed by atoms with Gasteiger partial charge in [0.15, 0.2) is 11.5 Å². The Morgan fingerprint density at radius 1 is 1.07 bits per heavy atom. The summed E-state index contributed by atoms with van der Waals surface area (Å²) in [6.45, 7) is 2.47. The molecule has 8 heteroatoms. The summed E-state index contributed by atoms with van der Waals surface area (Å²) in [7, 11) is 1.60. The van der Waals surface area contributed by atoms with Crippen LogP contribution in [0.2, 0.25) is 0 Å². The summed E-state index contributed by atoms with van der Waals surface area (Å²) in [5.74, 6) is -0.767. The molecule has 0 aliphatic heterocycles. The Balaban J connectivity index is 1.82. The molecule has 3 aromatic rings. The number of nitrogens with one attached hydrogen (secondary N) is 2. The SMILES string of the molecule is COCCCNC(=O)c1nc(C(=O)Nc2ccc(C(C)=O)cc2)n2ccccc12. The van der Waals surface area contributed by atoms with Crippen molar-refractivity contribution in [2.45, 2.75) is 13.3 Å². The monoisotopic (exact) mass is 394 g/mol. The van der Waals surface area contributed by atoms with E-state index in [1.165, 1.54) is 6.92 Å². The van der Waals surface area contributed by atoms with Gasteiger partial charge >= 0.3 is 0 Å². The first kappa shape index (κ1) is 20.2. The van der Waals surface area contributed by atoms with Gasteiger partial charge in [0.25, 0.3) is 11.8 Å². The molecule has 150 valence electrons. The maximum Gasteiger partial charge on any atom is 0.292 e. The largest absolute Gasteiger partial charge is 0.385 e. The van der Waals surface area contributed by atoms with Gasteiger partial charge in [-0.15, -0.1) is 0 Å².